The maximum atomic E-state index is 2.51. The molecule has 0 radical (unpaired) electrons. The first-order valence-corrected chi connectivity index (χ1v) is 10.9. The molecule has 1 aliphatic heterocycles. The lowest BCUT2D eigenvalue weighted by Crippen LogP contribution is -2.37. The van der Waals surface area contributed by atoms with E-state index >= 15 is 0 Å². The van der Waals surface area contributed by atoms with Crippen molar-refractivity contribution in [3.8, 4) is 16.9 Å². The van der Waals surface area contributed by atoms with Crippen molar-refractivity contribution >= 4 is 32.7 Å². The van der Waals surface area contributed by atoms with Crippen LogP contribution in [0.4, 0.5) is 0 Å². The third-order valence-electron chi connectivity index (χ3n) is 6.86. The number of aromatic nitrogens is 2. The quantitative estimate of drug-likeness (QED) is 0.269. The second-order valence-corrected chi connectivity index (χ2v) is 8.44. The second-order valence-electron chi connectivity index (χ2n) is 8.44. The van der Waals surface area contributed by atoms with Crippen LogP contribution in [0.25, 0.3) is 49.7 Å². The number of fused-ring (bicyclic) bond motifs is 9. The molecule has 1 unspecified atom stereocenters. The molecule has 0 saturated carbocycles. The van der Waals surface area contributed by atoms with E-state index in [1.807, 2.05) is 0 Å². The molecule has 0 aliphatic carbocycles. The molecule has 31 heavy (non-hydrogen) atoms. The molecule has 2 nitrogen and oxygen atoms in total. The molecule has 0 saturated heterocycles. The van der Waals surface area contributed by atoms with E-state index < -0.39 is 0 Å². The monoisotopic (exact) mass is 397 g/mol. The molecular weight excluding hydrogens is 376 g/mol. The Balaban J connectivity index is 1.67. The molecule has 6 aromatic rings. The zero-order valence-electron chi connectivity index (χ0n) is 17.3. The van der Waals surface area contributed by atoms with Crippen LogP contribution in [0.2, 0.25) is 0 Å². The Morgan fingerprint density at radius 3 is 2.35 bits per heavy atom. The molecule has 1 aliphatic rings. The average molecular weight is 398 g/mol. The molecule has 1 atom stereocenters. The summed E-state index contributed by atoms with van der Waals surface area (Å²) in [6.45, 7) is 2.32. The van der Waals surface area contributed by atoms with Crippen LogP contribution in [0.1, 0.15) is 18.5 Å². The van der Waals surface area contributed by atoms with Gasteiger partial charge in [-0.3, -0.25) is 0 Å². The predicted octanol–water partition coefficient (Wildman–Crippen LogP) is 6.81. The van der Waals surface area contributed by atoms with Gasteiger partial charge in [-0.25, -0.2) is 0 Å². The smallest absolute Gasteiger partial charge is 0.214 e. The Morgan fingerprint density at radius 2 is 1.45 bits per heavy atom. The zero-order chi connectivity index (χ0) is 20.5. The summed E-state index contributed by atoms with van der Waals surface area (Å²) >= 11 is 0. The molecule has 2 heteroatoms. The van der Waals surface area contributed by atoms with Gasteiger partial charge in [0.25, 0.3) is 0 Å². The van der Waals surface area contributed by atoms with Crippen LogP contribution in [0.5, 0.6) is 0 Å². The topological polar surface area (TPSA) is 8.81 Å². The third kappa shape index (κ3) is 2.14. The lowest BCUT2D eigenvalue weighted by molar-refractivity contribution is -0.668. The molecule has 0 amide bonds. The molecule has 0 bridgehead atoms. The number of para-hydroxylation sites is 3. The van der Waals surface area contributed by atoms with E-state index in [-0.39, 0.29) is 0 Å². The number of hydrogen-bond donors (Lipinski definition) is 0. The number of benzene rings is 4. The first kappa shape index (κ1) is 16.8. The van der Waals surface area contributed by atoms with Crippen molar-refractivity contribution in [1.29, 1.82) is 0 Å². The van der Waals surface area contributed by atoms with Gasteiger partial charge in [-0.15, -0.1) is 0 Å². The Kier molecular flexibility index (Phi) is 3.29. The normalized spacial score (nSPS) is 14.9. The minimum atomic E-state index is 0.305. The summed E-state index contributed by atoms with van der Waals surface area (Å²) in [4.78, 5) is 0. The van der Waals surface area contributed by atoms with Crippen molar-refractivity contribution in [2.45, 2.75) is 13.0 Å². The summed E-state index contributed by atoms with van der Waals surface area (Å²) in [5.74, 6) is 0. The van der Waals surface area contributed by atoms with Crippen molar-refractivity contribution in [3.05, 3.63) is 109 Å². The molecule has 0 N–H and O–H groups in total. The number of rotatable bonds is 1. The van der Waals surface area contributed by atoms with Crippen LogP contribution in [-0.2, 0) is 0 Å². The van der Waals surface area contributed by atoms with Crippen molar-refractivity contribution in [2.75, 3.05) is 0 Å². The predicted molar refractivity (Wildman–Crippen MR) is 128 cm³/mol. The molecule has 3 heterocycles. The fraction of sp³-hybridized carbons (Fsp3) is 0.0690. The van der Waals surface area contributed by atoms with Crippen LogP contribution in [0, 0.1) is 0 Å². The first-order chi connectivity index (χ1) is 15.3. The van der Waals surface area contributed by atoms with E-state index in [9.17, 15) is 0 Å². The molecule has 0 spiro atoms. The first-order valence-electron chi connectivity index (χ1n) is 10.9. The molecule has 146 valence electrons. The SMILES string of the molecule is CC1c2ccc3c(c2-c2ccc4ccccc4[n+]21)c1ccccc1n3-c1ccccc1. The number of pyridine rings is 1. The highest BCUT2D eigenvalue weighted by molar-refractivity contribution is 6.16. The van der Waals surface area contributed by atoms with Gasteiger partial charge in [0.05, 0.1) is 16.6 Å². The van der Waals surface area contributed by atoms with Gasteiger partial charge in [0.1, 0.15) is 0 Å². The van der Waals surface area contributed by atoms with Gasteiger partial charge in [0.15, 0.2) is 6.04 Å². The molecule has 0 fully saturated rings. The van der Waals surface area contributed by atoms with Gasteiger partial charge in [0, 0.05) is 46.5 Å². The van der Waals surface area contributed by atoms with Crippen LogP contribution in [0.15, 0.2) is 103 Å². The van der Waals surface area contributed by atoms with Crippen LogP contribution in [-0.4, -0.2) is 4.57 Å². The summed E-state index contributed by atoms with van der Waals surface area (Å²) in [5.41, 5.74) is 9.10. The molecular formula is C29H21N2+. The lowest BCUT2D eigenvalue weighted by Gasteiger charge is -2.08. The Hall–Kier alpha value is -3.91. The standard InChI is InChI=1S/C29H21N2/c1-19-22-16-18-27-29(28(22)26-17-15-20-9-5-7-13-24(20)30(19)26)23-12-6-8-14-25(23)31(27)21-10-3-2-4-11-21/h2-19H,1H3/q+1. The largest absolute Gasteiger partial charge is 0.309 e. The molecule has 7 rings (SSSR count). The summed E-state index contributed by atoms with van der Waals surface area (Å²) in [6, 6.07) is 37.7. The lowest BCUT2D eigenvalue weighted by atomic mass is 9.98. The minimum absolute atomic E-state index is 0.305. The van der Waals surface area contributed by atoms with Crippen LogP contribution < -0.4 is 4.57 Å². The highest BCUT2D eigenvalue weighted by Gasteiger charge is 2.37. The van der Waals surface area contributed by atoms with Crippen molar-refractivity contribution in [3.63, 3.8) is 0 Å². The van der Waals surface area contributed by atoms with Crippen molar-refractivity contribution in [1.82, 2.24) is 4.57 Å². The van der Waals surface area contributed by atoms with Gasteiger partial charge < -0.3 is 4.57 Å². The zero-order valence-corrected chi connectivity index (χ0v) is 17.3. The Morgan fingerprint density at radius 1 is 0.677 bits per heavy atom. The van der Waals surface area contributed by atoms with Gasteiger partial charge in [0.2, 0.25) is 11.2 Å². The fourth-order valence-corrected chi connectivity index (χ4v) is 5.54. The maximum absolute atomic E-state index is 2.51. The number of hydrogen-bond acceptors (Lipinski definition) is 0. The highest BCUT2D eigenvalue weighted by atomic mass is 15.0. The summed E-state index contributed by atoms with van der Waals surface area (Å²) in [6.07, 6.45) is 0. The summed E-state index contributed by atoms with van der Waals surface area (Å²) in [7, 11) is 0. The second kappa shape index (κ2) is 6.05. The molecule has 2 aromatic heterocycles. The van der Waals surface area contributed by atoms with E-state index in [0.717, 1.165) is 0 Å². The molecule has 4 aromatic carbocycles. The summed E-state index contributed by atoms with van der Waals surface area (Å²) < 4.78 is 4.91. The van der Waals surface area contributed by atoms with Crippen LogP contribution >= 0.6 is 0 Å². The number of nitrogens with zero attached hydrogens (tertiary/aromatic N) is 2. The van der Waals surface area contributed by atoms with Gasteiger partial charge in [-0.2, -0.15) is 4.57 Å². The summed E-state index contributed by atoms with van der Waals surface area (Å²) in [5, 5.41) is 3.95. The van der Waals surface area contributed by atoms with E-state index in [0.29, 0.717) is 6.04 Å². The Labute approximate surface area is 180 Å². The highest BCUT2D eigenvalue weighted by Crippen LogP contribution is 2.44. The van der Waals surface area contributed by atoms with E-state index in [1.54, 1.807) is 0 Å². The van der Waals surface area contributed by atoms with E-state index in [2.05, 4.69) is 119 Å². The third-order valence-corrected chi connectivity index (χ3v) is 6.86. The fourth-order valence-electron chi connectivity index (χ4n) is 5.54. The van der Waals surface area contributed by atoms with Crippen molar-refractivity contribution in [2.24, 2.45) is 0 Å². The van der Waals surface area contributed by atoms with Gasteiger partial charge in [-0.1, -0.05) is 48.5 Å². The van der Waals surface area contributed by atoms with Crippen molar-refractivity contribution < 1.29 is 4.57 Å². The maximum Gasteiger partial charge on any atom is 0.214 e. The Bertz CT molecular complexity index is 1640. The van der Waals surface area contributed by atoms with Gasteiger partial charge in [-0.05, 0) is 42.5 Å². The van der Waals surface area contributed by atoms with E-state index in [4.69, 9.17) is 0 Å². The average Bonchev–Trinajstić information content (AvgIpc) is 3.32. The van der Waals surface area contributed by atoms with Gasteiger partial charge >= 0.3 is 0 Å². The van der Waals surface area contributed by atoms with E-state index in [1.165, 1.54) is 55.2 Å². The minimum Gasteiger partial charge on any atom is -0.309 e. The van der Waals surface area contributed by atoms with Crippen LogP contribution in [0.3, 0.4) is 0 Å².